The molecule has 2 atom stereocenters. The van der Waals surface area contributed by atoms with Gasteiger partial charge in [0.15, 0.2) is 0 Å². The van der Waals surface area contributed by atoms with Crippen molar-refractivity contribution < 1.29 is 0 Å². The van der Waals surface area contributed by atoms with Crippen molar-refractivity contribution in [1.29, 1.82) is 0 Å². The number of hydrogen-bond acceptors (Lipinski definition) is 4. The summed E-state index contributed by atoms with van der Waals surface area (Å²) in [6, 6.07) is 4.84. The van der Waals surface area contributed by atoms with Crippen LogP contribution in [-0.4, -0.2) is 22.9 Å². The molecule has 0 aromatic carbocycles. The van der Waals surface area contributed by atoms with Crippen LogP contribution in [0.3, 0.4) is 0 Å². The summed E-state index contributed by atoms with van der Waals surface area (Å²) in [6.07, 6.45) is 0. The van der Waals surface area contributed by atoms with E-state index in [1.165, 1.54) is 15.3 Å². The number of rotatable bonds is 4. The number of fused-ring (bicyclic) bond motifs is 1. The molecule has 0 amide bonds. The molecule has 0 saturated carbocycles. The highest BCUT2D eigenvalue weighted by molar-refractivity contribution is 7.12. The maximum atomic E-state index is 4.53. The molecule has 0 fully saturated rings. The van der Waals surface area contributed by atoms with Crippen LogP contribution in [0.5, 0.6) is 0 Å². The van der Waals surface area contributed by atoms with E-state index < -0.39 is 0 Å². The largest absolute Gasteiger partial charge is 0.370 e. The smallest absolute Gasteiger partial charge is 0.124 e. The first kappa shape index (κ1) is 14.6. The van der Waals surface area contributed by atoms with Crippen LogP contribution in [0.15, 0.2) is 12.1 Å². The average molecular weight is 304 g/mol. The van der Waals surface area contributed by atoms with Gasteiger partial charge in [0.25, 0.3) is 0 Å². The lowest BCUT2D eigenvalue weighted by Crippen LogP contribution is -2.36. The molecule has 0 unspecified atom stereocenters. The Morgan fingerprint density at radius 1 is 1.43 bits per heavy atom. The maximum Gasteiger partial charge on any atom is 0.124 e. The van der Waals surface area contributed by atoms with E-state index in [0.29, 0.717) is 12.0 Å². The molecule has 5 heteroatoms. The summed E-state index contributed by atoms with van der Waals surface area (Å²) in [5.74, 6) is 1.74. The Labute approximate surface area is 130 Å². The molecule has 114 valence electrons. The second-order valence-electron chi connectivity index (χ2n) is 6.10. The third-order valence-electron chi connectivity index (χ3n) is 4.16. The summed E-state index contributed by atoms with van der Waals surface area (Å²) < 4.78 is 2.09. The molecular weight excluding hydrogens is 280 g/mol. The van der Waals surface area contributed by atoms with Gasteiger partial charge in [-0.15, -0.1) is 11.3 Å². The van der Waals surface area contributed by atoms with Gasteiger partial charge in [-0.2, -0.15) is 5.10 Å². The SMILES string of the molecule is Cc1cc2n(n1)C[C@H](CN[C@H](C)c1cc(C)sc1C)CN2. The first-order valence-corrected chi connectivity index (χ1v) is 8.43. The number of nitrogens with zero attached hydrogens (tertiary/aromatic N) is 2. The highest BCUT2D eigenvalue weighted by atomic mass is 32.1. The van der Waals surface area contributed by atoms with Crippen molar-refractivity contribution in [3.63, 3.8) is 0 Å². The van der Waals surface area contributed by atoms with Gasteiger partial charge < -0.3 is 10.6 Å². The molecule has 2 aromatic rings. The average Bonchev–Trinajstić information content (AvgIpc) is 2.96. The van der Waals surface area contributed by atoms with Crippen molar-refractivity contribution in [2.45, 2.75) is 40.3 Å². The molecule has 3 rings (SSSR count). The third kappa shape index (κ3) is 3.14. The van der Waals surface area contributed by atoms with Crippen LogP contribution < -0.4 is 10.6 Å². The number of hydrogen-bond donors (Lipinski definition) is 2. The van der Waals surface area contributed by atoms with E-state index in [0.717, 1.165) is 31.1 Å². The van der Waals surface area contributed by atoms with Gasteiger partial charge in [0.2, 0.25) is 0 Å². The maximum absolute atomic E-state index is 4.53. The van der Waals surface area contributed by atoms with E-state index in [4.69, 9.17) is 0 Å². The van der Waals surface area contributed by atoms with Crippen molar-refractivity contribution in [1.82, 2.24) is 15.1 Å². The molecule has 0 radical (unpaired) electrons. The molecule has 21 heavy (non-hydrogen) atoms. The zero-order chi connectivity index (χ0) is 15.0. The molecule has 0 spiro atoms. The van der Waals surface area contributed by atoms with Crippen molar-refractivity contribution in [2.24, 2.45) is 5.92 Å². The second kappa shape index (κ2) is 5.81. The third-order valence-corrected chi connectivity index (χ3v) is 5.15. The molecule has 0 aliphatic carbocycles. The summed E-state index contributed by atoms with van der Waals surface area (Å²) in [5.41, 5.74) is 2.53. The Kier molecular flexibility index (Phi) is 4.04. The first-order chi connectivity index (χ1) is 10.0. The molecule has 0 bridgehead atoms. The van der Waals surface area contributed by atoms with Crippen LogP contribution in [0.1, 0.15) is 34.0 Å². The summed E-state index contributed by atoms with van der Waals surface area (Å²) in [4.78, 5) is 2.83. The normalized spacial score (nSPS) is 19.1. The number of nitrogens with one attached hydrogen (secondary N) is 2. The Bertz CT molecular complexity index is 628. The quantitative estimate of drug-likeness (QED) is 0.911. The Morgan fingerprint density at radius 2 is 2.24 bits per heavy atom. The van der Waals surface area contributed by atoms with Gasteiger partial charge in [-0.25, -0.2) is 4.68 Å². The Morgan fingerprint density at radius 3 is 2.95 bits per heavy atom. The van der Waals surface area contributed by atoms with Crippen LogP contribution in [-0.2, 0) is 6.54 Å². The van der Waals surface area contributed by atoms with Crippen LogP contribution in [0, 0.1) is 26.7 Å². The lowest BCUT2D eigenvalue weighted by molar-refractivity contribution is 0.375. The van der Waals surface area contributed by atoms with Gasteiger partial charge >= 0.3 is 0 Å². The Balaban J connectivity index is 1.57. The highest BCUT2D eigenvalue weighted by Gasteiger charge is 2.20. The van der Waals surface area contributed by atoms with Crippen LogP contribution in [0.25, 0.3) is 0 Å². The summed E-state index contributed by atoms with van der Waals surface area (Å²) in [6.45, 7) is 11.7. The molecule has 0 saturated heterocycles. The molecule has 2 N–H and O–H groups in total. The van der Waals surface area contributed by atoms with Crippen LogP contribution in [0.4, 0.5) is 5.82 Å². The predicted octanol–water partition coefficient (Wildman–Crippen LogP) is 3.26. The summed E-state index contributed by atoms with van der Waals surface area (Å²) >= 11 is 1.89. The van der Waals surface area contributed by atoms with Crippen molar-refractivity contribution >= 4 is 17.2 Å². The van der Waals surface area contributed by atoms with Gasteiger partial charge in [-0.3, -0.25) is 0 Å². The van der Waals surface area contributed by atoms with E-state index in [1.54, 1.807) is 0 Å². The summed E-state index contributed by atoms with van der Waals surface area (Å²) in [7, 11) is 0. The zero-order valence-corrected chi connectivity index (χ0v) is 14.0. The molecular formula is C16H24N4S. The monoisotopic (exact) mass is 304 g/mol. The Hall–Kier alpha value is -1.33. The van der Waals surface area contributed by atoms with Crippen LogP contribution >= 0.6 is 11.3 Å². The van der Waals surface area contributed by atoms with Gasteiger partial charge in [0, 0.05) is 47.4 Å². The number of thiophene rings is 1. The lowest BCUT2D eigenvalue weighted by Gasteiger charge is -2.26. The van der Waals surface area contributed by atoms with Crippen molar-refractivity contribution in [2.75, 3.05) is 18.4 Å². The van der Waals surface area contributed by atoms with E-state index >= 15 is 0 Å². The first-order valence-electron chi connectivity index (χ1n) is 7.61. The van der Waals surface area contributed by atoms with E-state index in [9.17, 15) is 0 Å². The minimum absolute atomic E-state index is 0.413. The molecule has 4 nitrogen and oxygen atoms in total. The topological polar surface area (TPSA) is 41.9 Å². The van der Waals surface area contributed by atoms with Gasteiger partial charge in [-0.1, -0.05) is 0 Å². The second-order valence-corrected chi connectivity index (χ2v) is 7.56. The lowest BCUT2D eigenvalue weighted by atomic mass is 10.1. The van der Waals surface area contributed by atoms with E-state index in [-0.39, 0.29) is 0 Å². The zero-order valence-electron chi connectivity index (χ0n) is 13.2. The number of aryl methyl sites for hydroxylation is 3. The minimum atomic E-state index is 0.413. The predicted molar refractivity (Wildman–Crippen MR) is 89.2 cm³/mol. The molecule has 1 aliphatic heterocycles. The fraction of sp³-hybridized carbons (Fsp3) is 0.562. The molecule has 2 aromatic heterocycles. The van der Waals surface area contributed by atoms with Crippen molar-refractivity contribution in [3.8, 4) is 0 Å². The fourth-order valence-corrected chi connectivity index (χ4v) is 4.08. The number of anilines is 1. The van der Waals surface area contributed by atoms with Crippen LogP contribution in [0.2, 0.25) is 0 Å². The molecule has 3 heterocycles. The van der Waals surface area contributed by atoms with Gasteiger partial charge in [0.05, 0.1) is 5.69 Å². The fourth-order valence-electron chi connectivity index (χ4n) is 3.06. The molecule has 1 aliphatic rings. The highest BCUT2D eigenvalue weighted by Crippen LogP contribution is 2.26. The summed E-state index contributed by atoms with van der Waals surface area (Å²) in [5, 5.41) is 11.7. The van der Waals surface area contributed by atoms with Crippen molar-refractivity contribution in [3.05, 3.63) is 33.1 Å². The van der Waals surface area contributed by atoms with Gasteiger partial charge in [0.1, 0.15) is 5.82 Å². The van der Waals surface area contributed by atoms with E-state index in [1.807, 2.05) is 18.3 Å². The number of aromatic nitrogens is 2. The van der Waals surface area contributed by atoms with Gasteiger partial charge in [-0.05, 0) is 39.3 Å². The standard InChI is InChI=1S/C16H24N4S/c1-10-5-16-18-8-14(9-20(16)19-10)7-17-12(3)15-6-11(2)21-13(15)4/h5-6,12,14,17-18H,7-9H2,1-4H3/t12-,14-/m1/s1. The minimum Gasteiger partial charge on any atom is -0.370 e. The van der Waals surface area contributed by atoms with E-state index in [2.05, 4.69) is 53.3 Å².